The van der Waals surface area contributed by atoms with Crippen molar-refractivity contribution in [3.63, 3.8) is 0 Å². The van der Waals surface area contributed by atoms with Crippen LogP contribution in [0.3, 0.4) is 0 Å². The number of likely N-dealkylation sites (N-methyl/N-ethyl adjacent to an activating group) is 1. The molecule has 5 heteroatoms. The molecule has 1 fully saturated rings. The third kappa shape index (κ3) is 2.61. The summed E-state index contributed by atoms with van der Waals surface area (Å²) in [6.45, 7) is 4.08. The monoisotopic (exact) mass is 249 g/mol. The summed E-state index contributed by atoms with van der Waals surface area (Å²) in [5.74, 6) is 0.644. The van der Waals surface area contributed by atoms with Crippen molar-refractivity contribution in [1.29, 1.82) is 0 Å². The Morgan fingerprint density at radius 3 is 3.17 bits per heavy atom. The summed E-state index contributed by atoms with van der Waals surface area (Å²) in [5.41, 5.74) is 0.619. The molecule has 98 valence electrons. The van der Waals surface area contributed by atoms with Gasteiger partial charge >= 0.3 is 0 Å². The first-order chi connectivity index (χ1) is 8.74. The summed E-state index contributed by atoms with van der Waals surface area (Å²) in [6, 6.07) is 3.76. The Morgan fingerprint density at radius 2 is 2.50 bits per heavy atom. The highest BCUT2D eigenvalue weighted by Crippen LogP contribution is 2.18. The van der Waals surface area contributed by atoms with Crippen molar-refractivity contribution in [2.45, 2.75) is 19.4 Å². The number of pyridine rings is 1. The third-order valence-corrected chi connectivity index (χ3v) is 3.16. The van der Waals surface area contributed by atoms with Gasteiger partial charge in [-0.2, -0.15) is 0 Å². The van der Waals surface area contributed by atoms with Crippen molar-refractivity contribution in [1.82, 2.24) is 9.88 Å². The van der Waals surface area contributed by atoms with Crippen LogP contribution in [0.5, 0.6) is 0 Å². The van der Waals surface area contributed by atoms with Gasteiger partial charge in [0.05, 0.1) is 18.2 Å². The van der Waals surface area contributed by atoms with Gasteiger partial charge in [0.15, 0.2) is 0 Å². The van der Waals surface area contributed by atoms with Crippen molar-refractivity contribution in [2.75, 3.05) is 32.1 Å². The first-order valence-electron chi connectivity index (χ1n) is 6.27. The van der Waals surface area contributed by atoms with Gasteiger partial charge in [-0.25, -0.2) is 4.98 Å². The van der Waals surface area contributed by atoms with E-state index in [1.54, 1.807) is 23.2 Å². The maximum atomic E-state index is 12.4. The molecule has 18 heavy (non-hydrogen) atoms. The van der Waals surface area contributed by atoms with Crippen LogP contribution in [0, 0.1) is 0 Å². The Hall–Kier alpha value is -1.62. The van der Waals surface area contributed by atoms with E-state index in [4.69, 9.17) is 4.74 Å². The summed E-state index contributed by atoms with van der Waals surface area (Å²) in [4.78, 5) is 18.4. The molecule has 1 N–H and O–H groups in total. The number of hydrogen-bond acceptors (Lipinski definition) is 4. The average molecular weight is 249 g/mol. The number of amides is 1. The van der Waals surface area contributed by atoms with E-state index in [2.05, 4.69) is 10.3 Å². The number of carbonyl (C=O) groups excluding carboxylic acids is 1. The summed E-state index contributed by atoms with van der Waals surface area (Å²) >= 11 is 0. The zero-order valence-corrected chi connectivity index (χ0v) is 10.8. The van der Waals surface area contributed by atoms with Gasteiger partial charge in [0, 0.05) is 26.4 Å². The van der Waals surface area contributed by atoms with Crippen LogP contribution >= 0.6 is 0 Å². The molecule has 1 aliphatic heterocycles. The predicted octanol–water partition coefficient (Wildman–Crippen LogP) is 1.37. The molecule has 5 nitrogen and oxygen atoms in total. The molecule has 0 bridgehead atoms. The highest BCUT2D eigenvalue weighted by molar-refractivity contribution is 5.98. The zero-order valence-electron chi connectivity index (χ0n) is 10.8. The maximum Gasteiger partial charge on any atom is 0.257 e. The summed E-state index contributed by atoms with van der Waals surface area (Å²) in [7, 11) is 1.82. The molecule has 0 spiro atoms. The van der Waals surface area contributed by atoms with E-state index >= 15 is 0 Å². The minimum absolute atomic E-state index is 0.00505. The average Bonchev–Trinajstić information content (AvgIpc) is 2.92. The Morgan fingerprint density at radius 1 is 1.67 bits per heavy atom. The van der Waals surface area contributed by atoms with Crippen molar-refractivity contribution < 1.29 is 9.53 Å². The van der Waals surface area contributed by atoms with Gasteiger partial charge in [0.2, 0.25) is 0 Å². The van der Waals surface area contributed by atoms with E-state index in [-0.39, 0.29) is 11.9 Å². The zero-order chi connectivity index (χ0) is 13.0. The second-order valence-corrected chi connectivity index (χ2v) is 4.36. The Labute approximate surface area is 107 Å². The molecule has 1 unspecified atom stereocenters. The SMILES string of the molecule is CCNc1ncccc1C(=O)N(C)C1CCOC1. The number of rotatable bonds is 4. The number of nitrogens with zero attached hydrogens (tertiary/aromatic N) is 2. The lowest BCUT2D eigenvalue weighted by Crippen LogP contribution is -2.37. The first-order valence-corrected chi connectivity index (χ1v) is 6.27. The molecule has 1 aliphatic rings. The molecular weight excluding hydrogens is 230 g/mol. The van der Waals surface area contributed by atoms with Crippen LogP contribution in [0.1, 0.15) is 23.7 Å². The Balaban J connectivity index is 2.16. The summed E-state index contributed by atoms with van der Waals surface area (Å²) in [6.07, 6.45) is 2.59. The smallest absolute Gasteiger partial charge is 0.257 e. The first kappa shape index (κ1) is 12.8. The fourth-order valence-electron chi connectivity index (χ4n) is 2.07. The molecule has 2 heterocycles. The van der Waals surface area contributed by atoms with E-state index in [0.29, 0.717) is 18.0 Å². The second kappa shape index (κ2) is 5.82. The van der Waals surface area contributed by atoms with Gasteiger partial charge in [-0.15, -0.1) is 0 Å². The second-order valence-electron chi connectivity index (χ2n) is 4.36. The van der Waals surface area contributed by atoms with Crippen LogP contribution in [-0.4, -0.2) is 48.6 Å². The lowest BCUT2D eigenvalue weighted by atomic mass is 10.1. The highest BCUT2D eigenvalue weighted by atomic mass is 16.5. The Bertz CT molecular complexity index is 416. The molecule has 2 rings (SSSR count). The van der Waals surface area contributed by atoms with Gasteiger partial charge < -0.3 is 15.0 Å². The number of hydrogen-bond donors (Lipinski definition) is 1. The molecule has 0 aliphatic carbocycles. The molecule has 1 saturated heterocycles. The van der Waals surface area contributed by atoms with E-state index in [9.17, 15) is 4.79 Å². The topological polar surface area (TPSA) is 54.5 Å². The fourth-order valence-corrected chi connectivity index (χ4v) is 2.07. The highest BCUT2D eigenvalue weighted by Gasteiger charge is 2.26. The van der Waals surface area contributed by atoms with Gasteiger partial charge in [-0.3, -0.25) is 4.79 Å². The van der Waals surface area contributed by atoms with E-state index in [1.807, 2.05) is 14.0 Å². The van der Waals surface area contributed by atoms with Crippen LogP contribution in [-0.2, 0) is 4.74 Å². The van der Waals surface area contributed by atoms with Crippen LogP contribution in [0.4, 0.5) is 5.82 Å². The Kier molecular flexibility index (Phi) is 4.15. The van der Waals surface area contributed by atoms with Gasteiger partial charge in [0.25, 0.3) is 5.91 Å². The quantitative estimate of drug-likeness (QED) is 0.875. The van der Waals surface area contributed by atoms with Gasteiger partial charge in [0.1, 0.15) is 5.82 Å². The number of carbonyl (C=O) groups is 1. The van der Waals surface area contributed by atoms with Crippen molar-refractivity contribution in [2.24, 2.45) is 0 Å². The minimum Gasteiger partial charge on any atom is -0.379 e. The molecule has 1 aromatic rings. The number of ether oxygens (including phenoxy) is 1. The lowest BCUT2D eigenvalue weighted by Gasteiger charge is -2.24. The maximum absolute atomic E-state index is 12.4. The number of nitrogens with one attached hydrogen (secondary N) is 1. The molecule has 0 saturated carbocycles. The lowest BCUT2D eigenvalue weighted by molar-refractivity contribution is 0.0712. The van der Waals surface area contributed by atoms with Crippen LogP contribution in [0.2, 0.25) is 0 Å². The molecule has 0 aromatic carbocycles. The van der Waals surface area contributed by atoms with Crippen molar-refractivity contribution in [3.8, 4) is 0 Å². The van der Waals surface area contributed by atoms with Gasteiger partial charge in [-0.1, -0.05) is 0 Å². The third-order valence-electron chi connectivity index (χ3n) is 3.16. The largest absolute Gasteiger partial charge is 0.379 e. The van der Waals surface area contributed by atoms with Crippen LogP contribution in [0.25, 0.3) is 0 Å². The van der Waals surface area contributed by atoms with Crippen molar-refractivity contribution >= 4 is 11.7 Å². The normalized spacial score (nSPS) is 18.7. The minimum atomic E-state index is -0.00505. The van der Waals surface area contributed by atoms with E-state index in [0.717, 1.165) is 19.6 Å². The van der Waals surface area contributed by atoms with E-state index < -0.39 is 0 Å². The summed E-state index contributed by atoms with van der Waals surface area (Å²) in [5, 5.41) is 3.11. The molecular formula is C13H19N3O2. The van der Waals surface area contributed by atoms with E-state index in [1.165, 1.54) is 0 Å². The van der Waals surface area contributed by atoms with Gasteiger partial charge in [-0.05, 0) is 25.5 Å². The predicted molar refractivity (Wildman–Crippen MR) is 69.7 cm³/mol. The number of anilines is 1. The molecule has 1 aromatic heterocycles. The van der Waals surface area contributed by atoms with Crippen LogP contribution in [0.15, 0.2) is 18.3 Å². The fraction of sp³-hybridized carbons (Fsp3) is 0.538. The number of aromatic nitrogens is 1. The summed E-state index contributed by atoms with van der Waals surface area (Å²) < 4.78 is 5.32. The van der Waals surface area contributed by atoms with Crippen molar-refractivity contribution in [3.05, 3.63) is 23.9 Å². The standard InChI is InChI=1S/C13H19N3O2/c1-3-14-12-11(5-4-7-15-12)13(17)16(2)10-6-8-18-9-10/h4-5,7,10H,3,6,8-9H2,1-2H3,(H,14,15). The molecule has 1 amide bonds. The van der Waals surface area contributed by atoms with Crippen LogP contribution < -0.4 is 5.32 Å². The molecule has 1 atom stereocenters. The molecule has 0 radical (unpaired) electrons.